The van der Waals surface area contributed by atoms with Gasteiger partial charge in [-0.25, -0.2) is 8.42 Å². The van der Waals surface area contributed by atoms with Gasteiger partial charge in [0.25, 0.3) is 5.91 Å². The Labute approximate surface area is 168 Å². The van der Waals surface area contributed by atoms with E-state index in [9.17, 15) is 13.2 Å². The second-order valence-corrected chi connectivity index (χ2v) is 10.3. The van der Waals surface area contributed by atoms with Crippen molar-refractivity contribution < 1.29 is 27.4 Å². The summed E-state index contributed by atoms with van der Waals surface area (Å²) >= 11 is 1.34. The van der Waals surface area contributed by atoms with Crippen molar-refractivity contribution in [1.29, 1.82) is 0 Å². The van der Waals surface area contributed by atoms with Gasteiger partial charge in [0.2, 0.25) is 0 Å². The Morgan fingerprint density at radius 1 is 1.29 bits per heavy atom. The number of benzene rings is 1. The number of carbonyl (C=O) groups excluding carboxylic acids is 1. The van der Waals surface area contributed by atoms with E-state index in [1.807, 2.05) is 4.90 Å². The van der Waals surface area contributed by atoms with Gasteiger partial charge in [0.15, 0.2) is 15.0 Å². The summed E-state index contributed by atoms with van der Waals surface area (Å²) in [6, 6.07) is 5.01. The van der Waals surface area contributed by atoms with Crippen molar-refractivity contribution in [1.82, 2.24) is 0 Å². The number of fused-ring (bicyclic) bond motifs is 1. The summed E-state index contributed by atoms with van der Waals surface area (Å²) in [7, 11) is -0.0362. The molecule has 0 N–H and O–H groups in total. The number of sulfone groups is 1. The predicted molar refractivity (Wildman–Crippen MR) is 107 cm³/mol. The lowest BCUT2D eigenvalue weighted by molar-refractivity contribution is -0.126. The molecule has 3 fully saturated rings. The summed E-state index contributed by atoms with van der Waals surface area (Å²) < 4.78 is 40.6. The zero-order chi connectivity index (χ0) is 19.9. The molecule has 3 aliphatic heterocycles. The molecule has 4 rings (SSSR count). The maximum atomic E-state index is 12.6. The molecule has 3 aliphatic rings. The molecule has 0 aliphatic carbocycles. The van der Waals surface area contributed by atoms with E-state index in [1.165, 1.54) is 11.8 Å². The average Bonchev–Trinajstić information content (AvgIpc) is 3.36. The summed E-state index contributed by atoms with van der Waals surface area (Å²) in [5.41, 5.74) is 0.666. The largest absolute Gasteiger partial charge is 0.497 e. The number of anilines is 1. The van der Waals surface area contributed by atoms with Crippen LogP contribution in [0.4, 0.5) is 5.69 Å². The molecule has 0 radical (unpaired) electrons. The first-order valence-corrected chi connectivity index (χ1v) is 11.7. The van der Waals surface area contributed by atoms with Crippen molar-refractivity contribution in [3.8, 4) is 11.5 Å². The number of methoxy groups -OCH3 is 2. The van der Waals surface area contributed by atoms with Crippen LogP contribution in [-0.4, -0.2) is 69.2 Å². The normalized spacial score (nSPS) is 29.9. The fraction of sp³-hybridized carbons (Fsp3) is 0.556. The van der Waals surface area contributed by atoms with Gasteiger partial charge in [0.1, 0.15) is 17.6 Å². The molecular weight excluding hydrogens is 404 g/mol. The first kappa shape index (κ1) is 19.5. The highest BCUT2D eigenvalue weighted by atomic mass is 32.2. The lowest BCUT2D eigenvalue weighted by Gasteiger charge is -2.26. The third kappa shape index (κ3) is 3.60. The Hall–Kier alpha value is -1.78. The molecule has 0 spiro atoms. The van der Waals surface area contributed by atoms with Crippen LogP contribution in [0.25, 0.3) is 0 Å². The van der Waals surface area contributed by atoms with Crippen LogP contribution in [0.15, 0.2) is 23.2 Å². The highest BCUT2D eigenvalue weighted by Gasteiger charge is 2.50. The molecule has 1 amide bonds. The number of amides is 1. The molecule has 8 nitrogen and oxygen atoms in total. The van der Waals surface area contributed by atoms with E-state index in [-0.39, 0.29) is 28.7 Å². The molecule has 0 bridgehead atoms. The summed E-state index contributed by atoms with van der Waals surface area (Å²) in [6.45, 7) is 0.563. The Bertz CT molecular complexity index is 911. The summed E-state index contributed by atoms with van der Waals surface area (Å²) in [5.74, 6) is 0.927. The Morgan fingerprint density at radius 2 is 2.11 bits per heavy atom. The molecule has 28 heavy (non-hydrogen) atoms. The van der Waals surface area contributed by atoms with Gasteiger partial charge in [0, 0.05) is 17.9 Å². The summed E-state index contributed by atoms with van der Waals surface area (Å²) in [5, 5.41) is 0.321. The van der Waals surface area contributed by atoms with Crippen LogP contribution in [0.3, 0.4) is 0 Å². The van der Waals surface area contributed by atoms with Crippen molar-refractivity contribution in [2.24, 2.45) is 4.99 Å². The topological polar surface area (TPSA) is 94.5 Å². The first-order valence-electron chi connectivity index (χ1n) is 9.04. The number of hydrogen-bond acceptors (Lipinski definition) is 7. The van der Waals surface area contributed by atoms with Gasteiger partial charge < -0.3 is 19.1 Å². The Kier molecular flexibility index (Phi) is 5.28. The SMILES string of the molecule is COc1ccc(N2C(=NC(=O)[C@@H]3CCCO3)S[C@@H]3CS(=O)(=O)C[C@@H]32)c(OC)c1. The van der Waals surface area contributed by atoms with Crippen LogP contribution in [-0.2, 0) is 19.4 Å². The van der Waals surface area contributed by atoms with Gasteiger partial charge in [-0.3, -0.25) is 4.79 Å². The zero-order valence-electron chi connectivity index (χ0n) is 15.7. The molecule has 3 saturated heterocycles. The van der Waals surface area contributed by atoms with E-state index >= 15 is 0 Å². The molecule has 0 saturated carbocycles. The van der Waals surface area contributed by atoms with E-state index in [0.717, 1.165) is 6.42 Å². The van der Waals surface area contributed by atoms with Crippen molar-refractivity contribution in [3.63, 3.8) is 0 Å². The molecule has 0 aromatic heterocycles. The van der Waals surface area contributed by atoms with Crippen LogP contribution in [0.1, 0.15) is 12.8 Å². The van der Waals surface area contributed by atoms with Crippen molar-refractivity contribution >= 4 is 38.4 Å². The highest BCUT2D eigenvalue weighted by molar-refractivity contribution is 8.16. The van der Waals surface area contributed by atoms with Gasteiger partial charge >= 0.3 is 0 Å². The van der Waals surface area contributed by atoms with Crippen LogP contribution < -0.4 is 14.4 Å². The Morgan fingerprint density at radius 3 is 2.79 bits per heavy atom. The second kappa shape index (κ2) is 7.57. The van der Waals surface area contributed by atoms with Crippen LogP contribution >= 0.6 is 11.8 Å². The van der Waals surface area contributed by atoms with Gasteiger partial charge in [0.05, 0.1) is 37.5 Å². The Balaban J connectivity index is 1.73. The lowest BCUT2D eigenvalue weighted by Crippen LogP contribution is -2.38. The number of thioether (sulfide) groups is 1. The fourth-order valence-electron chi connectivity index (χ4n) is 3.77. The number of nitrogens with zero attached hydrogens (tertiary/aromatic N) is 2. The fourth-order valence-corrected chi connectivity index (χ4v) is 7.68. The van der Waals surface area contributed by atoms with Gasteiger partial charge in [-0.2, -0.15) is 4.99 Å². The standard InChI is InChI=1S/C18H22N2O6S2/c1-24-11-5-6-12(15(8-11)25-2)20-13-9-28(22,23)10-16(13)27-18(20)19-17(21)14-4-3-7-26-14/h5-6,8,13-14,16H,3-4,7,9-10H2,1-2H3/t13-,14-,16+/m0/s1. The monoisotopic (exact) mass is 426 g/mol. The molecule has 3 atom stereocenters. The number of ether oxygens (including phenoxy) is 3. The maximum absolute atomic E-state index is 12.6. The number of hydrogen-bond donors (Lipinski definition) is 0. The lowest BCUT2D eigenvalue weighted by atomic mass is 10.2. The van der Waals surface area contributed by atoms with Crippen LogP contribution in [0.2, 0.25) is 0 Å². The molecule has 1 aromatic rings. The van der Waals surface area contributed by atoms with Crippen molar-refractivity contribution in [2.75, 3.05) is 37.2 Å². The molecule has 1 aromatic carbocycles. The molecule has 3 heterocycles. The maximum Gasteiger partial charge on any atom is 0.277 e. The predicted octanol–water partition coefficient (Wildman–Crippen LogP) is 1.48. The van der Waals surface area contributed by atoms with E-state index < -0.39 is 15.9 Å². The number of aliphatic imine (C=N–C) groups is 1. The van der Waals surface area contributed by atoms with Gasteiger partial charge in [-0.05, 0) is 25.0 Å². The number of carbonyl (C=O) groups is 1. The molecule has 152 valence electrons. The van der Waals surface area contributed by atoms with Crippen molar-refractivity contribution in [2.45, 2.75) is 30.2 Å². The highest BCUT2D eigenvalue weighted by Crippen LogP contribution is 2.44. The second-order valence-electron chi connectivity index (χ2n) is 6.94. The molecular formula is C18H22N2O6S2. The van der Waals surface area contributed by atoms with Crippen molar-refractivity contribution in [3.05, 3.63) is 18.2 Å². The number of amidine groups is 1. The smallest absolute Gasteiger partial charge is 0.277 e. The van der Waals surface area contributed by atoms with Gasteiger partial charge in [-0.15, -0.1) is 0 Å². The van der Waals surface area contributed by atoms with E-state index in [1.54, 1.807) is 32.4 Å². The first-order chi connectivity index (χ1) is 13.4. The van der Waals surface area contributed by atoms with E-state index in [4.69, 9.17) is 14.2 Å². The zero-order valence-corrected chi connectivity index (χ0v) is 17.3. The third-order valence-electron chi connectivity index (χ3n) is 5.12. The van der Waals surface area contributed by atoms with Crippen LogP contribution in [0.5, 0.6) is 11.5 Å². The minimum atomic E-state index is -3.14. The van der Waals surface area contributed by atoms with E-state index in [2.05, 4.69) is 4.99 Å². The molecule has 10 heteroatoms. The third-order valence-corrected chi connectivity index (χ3v) is 8.33. The quantitative estimate of drug-likeness (QED) is 0.715. The van der Waals surface area contributed by atoms with Crippen LogP contribution in [0, 0.1) is 0 Å². The summed E-state index contributed by atoms with van der Waals surface area (Å²) in [4.78, 5) is 18.7. The van der Waals surface area contributed by atoms with Gasteiger partial charge in [-0.1, -0.05) is 11.8 Å². The number of rotatable bonds is 4. The average molecular weight is 427 g/mol. The minimum Gasteiger partial charge on any atom is -0.497 e. The minimum absolute atomic E-state index is 0.0208. The van der Waals surface area contributed by atoms with E-state index in [0.29, 0.717) is 35.4 Å². The summed E-state index contributed by atoms with van der Waals surface area (Å²) in [6.07, 6.45) is 0.985. The molecule has 0 unspecified atom stereocenters.